The summed E-state index contributed by atoms with van der Waals surface area (Å²) in [7, 11) is 0. The Balaban J connectivity index is 2.46. The quantitative estimate of drug-likeness (QED) is 0.706. The van der Waals surface area contributed by atoms with Crippen LogP contribution in [0.25, 0.3) is 10.2 Å². The highest BCUT2D eigenvalue weighted by molar-refractivity contribution is 7.17. The van der Waals surface area contributed by atoms with Gasteiger partial charge in [0.2, 0.25) is 0 Å². The van der Waals surface area contributed by atoms with Crippen molar-refractivity contribution < 1.29 is 0 Å². The van der Waals surface area contributed by atoms with E-state index in [-0.39, 0.29) is 0 Å². The minimum atomic E-state index is 0.961. The van der Waals surface area contributed by atoms with Crippen LogP contribution in [-0.2, 0) is 6.42 Å². The Hall–Kier alpha value is -0.960. The number of aryl methyl sites for hydroxylation is 1. The van der Waals surface area contributed by atoms with E-state index < -0.39 is 0 Å². The second-order valence-corrected chi connectivity index (χ2v) is 3.65. The van der Waals surface area contributed by atoms with Gasteiger partial charge in [0.15, 0.2) is 0 Å². The summed E-state index contributed by atoms with van der Waals surface area (Å²) in [5, 5.41) is 2.05. The molecule has 0 aliphatic carbocycles. The number of hydrogen-bond acceptors (Lipinski definition) is 3. The van der Waals surface area contributed by atoms with E-state index in [1.165, 1.54) is 4.70 Å². The topological polar surface area (TPSA) is 25.8 Å². The van der Waals surface area contributed by atoms with Crippen molar-refractivity contribution >= 4 is 21.6 Å². The fourth-order valence-electron chi connectivity index (χ4n) is 1.15. The van der Waals surface area contributed by atoms with Crippen molar-refractivity contribution in [3.63, 3.8) is 0 Å². The standard InChI is InChI=1S/C9H10N2S/c1-2-3-9-10-6-8-7(11-9)4-5-12-8/h4-6H,2-3H2,1H3. The molecule has 62 valence electrons. The number of hydrogen-bond donors (Lipinski definition) is 0. The van der Waals surface area contributed by atoms with Gasteiger partial charge >= 0.3 is 0 Å². The lowest BCUT2D eigenvalue weighted by molar-refractivity contribution is 0.845. The highest BCUT2D eigenvalue weighted by Gasteiger charge is 1.98. The van der Waals surface area contributed by atoms with Crippen LogP contribution in [-0.4, -0.2) is 9.97 Å². The van der Waals surface area contributed by atoms with Gasteiger partial charge in [0.25, 0.3) is 0 Å². The van der Waals surface area contributed by atoms with E-state index in [1.54, 1.807) is 11.3 Å². The molecular weight excluding hydrogens is 168 g/mol. The van der Waals surface area contributed by atoms with Gasteiger partial charge in [0.1, 0.15) is 5.82 Å². The van der Waals surface area contributed by atoms with Gasteiger partial charge in [-0.3, -0.25) is 0 Å². The smallest absolute Gasteiger partial charge is 0.129 e. The summed E-state index contributed by atoms with van der Waals surface area (Å²) in [6.07, 6.45) is 4.00. The van der Waals surface area contributed by atoms with E-state index in [9.17, 15) is 0 Å². The summed E-state index contributed by atoms with van der Waals surface area (Å²) in [4.78, 5) is 8.69. The predicted octanol–water partition coefficient (Wildman–Crippen LogP) is 2.64. The lowest BCUT2D eigenvalue weighted by atomic mass is 10.3. The van der Waals surface area contributed by atoms with E-state index in [1.807, 2.05) is 12.3 Å². The minimum Gasteiger partial charge on any atom is -0.240 e. The van der Waals surface area contributed by atoms with E-state index in [2.05, 4.69) is 22.3 Å². The number of thiophene rings is 1. The largest absolute Gasteiger partial charge is 0.240 e. The van der Waals surface area contributed by atoms with Crippen LogP contribution in [0.4, 0.5) is 0 Å². The Kier molecular flexibility index (Phi) is 2.04. The second kappa shape index (κ2) is 3.19. The van der Waals surface area contributed by atoms with Gasteiger partial charge in [0.05, 0.1) is 10.2 Å². The first-order valence-electron chi connectivity index (χ1n) is 4.09. The molecule has 0 saturated carbocycles. The molecule has 0 aromatic carbocycles. The number of aromatic nitrogens is 2. The summed E-state index contributed by atoms with van der Waals surface area (Å²) in [5.74, 6) is 0.961. The van der Waals surface area contributed by atoms with Crippen LogP contribution in [0.2, 0.25) is 0 Å². The Morgan fingerprint density at radius 3 is 3.25 bits per heavy atom. The van der Waals surface area contributed by atoms with Crippen LogP contribution in [0.1, 0.15) is 19.2 Å². The van der Waals surface area contributed by atoms with Crippen molar-refractivity contribution in [2.45, 2.75) is 19.8 Å². The van der Waals surface area contributed by atoms with Gasteiger partial charge in [-0.15, -0.1) is 11.3 Å². The highest BCUT2D eigenvalue weighted by atomic mass is 32.1. The maximum Gasteiger partial charge on any atom is 0.129 e. The molecule has 0 radical (unpaired) electrons. The van der Waals surface area contributed by atoms with Crippen molar-refractivity contribution in [3.8, 4) is 0 Å². The van der Waals surface area contributed by atoms with Crippen LogP contribution in [0.3, 0.4) is 0 Å². The molecule has 0 saturated heterocycles. The third-order valence-electron chi connectivity index (χ3n) is 1.73. The van der Waals surface area contributed by atoms with Crippen LogP contribution in [0.5, 0.6) is 0 Å². The van der Waals surface area contributed by atoms with E-state index in [4.69, 9.17) is 0 Å². The third-order valence-corrected chi connectivity index (χ3v) is 2.57. The molecule has 0 aliphatic rings. The molecule has 0 unspecified atom stereocenters. The predicted molar refractivity (Wildman–Crippen MR) is 51.4 cm³/mol. The van der Waals surface area contributed by atoms with E-state index >= 15 is 0 Å². The number of rotatable bonds is 2. The molecule has 0 amide bonds. The van der Waals surface area contributed by atoms with Crippen molar-refractivity contribution in [3.05, 3.63) is 23.5 Å². The van der Waals surface area contributed by atoms with Crippen molar-refractivity contribution in [2.75, 3.05) is 0 Å². The fraction of sp³-hybridized carbons (Fsp3) is 0.333. The zero-order chi connectivity index (χ0) is 8.39. The average Bonchev–Trinajstić information content (AvgIpc) is 2.51. The van der Waals surface area contributed by atoms with Gasteiger partial charge in [-0.05, 0) is 17.9 Å². The van der Waals surface area contributed by atoms with Crippen molar-refractivity contribution in [1.29, 1.82) is 0 Å². The molecule has 2 aromatic heterocycles. The number of fused-ring (bicyclic) bond motifs is 1. The summed E-state index contributed by atoms with van der Waals surface area (Å²) < 4.78 is 1.18. The summed E-state index contributed by atoms with van der Waals surface area (Å²) in [5.41, 5.74) is 1.08. The summed E-state index contributed by atoms with van der Waals surface area (Å²) in [6, 6.07) is 2.04. The van der Waals surface area contributed by atoms with Crippen LogP contribution >= 0.6 is 11.3 Å². The molecule has 0 atom stereocenters. The highest BCUT2D eigenvalue weighted by Crippen LogP contribution is 2.17. The van der Waals surface area contributed by atoms with Gasteiger partial charge in [-0.25, -0.2) is 9.97 Å². The van der Waals surface area contributed by atoms with Gasteiger partial charge in [-0.2, -0.15) is 0 Å². The molecule has 0 bridgehead atoms. The lowest BCUT2D eigenvalue weighted by Crippen LogP contribution is -1.92. The zero-order valence-corrected chi connectivity index (χ0v) is 7.77. The minimum absolute atomic E-state index is 0.961. The van der Waals surface area contributed by atoms with E-state index in [0.717, 1.165) is 24.2 Å². The molecular formula is C9H10N2S. The summed E-state index contributed by atoms with van der Waals surface area (Å²) >= 11 is 1.69. The SMILES string of the molecule is CCCc1ncc2sccc2n1. The Bertz CT molecular complexity index is 381. The van der Waals surface area contributed by atoms with Gasteiger partial charge in [0, 0.05) is 12.6 Å². The fourth-order valence-corrected chi connectivity index (χ4v) is 1.84. The summed E-state index contributed by atoms with van der Waals surface area (Å²) in [6.45, 7) is 2.14. The molecule has 2 rings (SSSR count). The van der Waals surface area contributed by atoms with Gasteiger partial charge < -0.3 is 0 Å². The van der Waals surface area contributed by atoms with E-state index in [0.29, 0.717) is 0 Å². The van der Waals surface area contributed by atoms with Crippen LogP contribution in [0.15, 0.2) is 17.6 Å². The Morgan fingerprint density at radius 1 is 1.50 bits per heavy atom. The first-order valence-corrected chi connectivity index (χ1v) is 4.97. The Labute approximate surface area is 75.3 Å². The number of nitrogens with zero attached hydrogens (tertiary/aromatic N) is 2. The van der Waals surface area contributed by atoms with Gasteiger partial charge in [-0.1, -0.05) is 6.92 Å². The molecule has 3 heteroatoms. The first-order chi connectivity index (χ1) is 5.90. The van der Waals surface area contributed by atoms with Crippen molar-refractivity contribution in [1.82, 2.24) is 9.97 Å². The van der Waals surface area contributed by atoms with Crippen LogP contribution < -0.4 is 0 Å². The normalized spacial score (nSPS) is 10.8. The monoisotopic (exact) mass is 178 g/mol. The molecule has 0 N–H and O–H groups in total. The van der Waals surface area contributed by atoms with Crippen molar-refractivity contribution in [2.24, 2.45) is 0 Å². The second-order valence-electron chi connectivity index (χ2n) is 2.71. The molecule has 2 nitrogen and oxygen atoms in total. The zero-order valence-electron chi connectivity index (χ0n) is 6.95. The molecule has 0 fully saturated rings. The maximum atomic E-state index is 4.42. The maximum absolute atomic E-state index is 4.42. The van der Waals surface area contributed by atoms with Crippen LogP contribution in [0, 0.1) is 0 Å². The Morgan fingerprint density at radius 2 is 2.42 bits per heavy atom. The molecule has 12 heavy (non-hydrogen) atoms. The molecule has 0 aliphatic heterocycles. The first kappa shape index (κ1) is 7.68. The molecule has 2 aromatic rings. The average molecular weight is 178 g/mol. The molecule has 2 heterocycles. The molecule has 0 spiro atoms. The third kappa shape index (κ3) is 1.32. The lowest BCUT2D eigenvalue weighted by Gasteiger charge is -1.95.